The van der Waals surface area contributed by atoms with Crippen molar-refractivity contribution < 1.29 is 0 Å². The minimum atomic E-state index is -1.25. The van der Waals surface area contributed by atoms with Crippen LogP contribution in [0.25, 0.3) is 10.8 Å². The van der Waals surface area contributed by atoms with Crippen LogP contribution in [0.1, 0.15) is 44.6 Å². The largest absolute Gasteiger partial charge is 0.0980 e. The zero-order valence-electron chi connectivity index (χ0n) is 18.4. The van der Waals surface area contributed by atoms with Gasteiger partial charge in [-0.25, -0.2) is 0 Å². The second-order valence-corrected chi connectivity index (χ2v) is 24.7. The smallest absolute Gasteiger partial charge is 0.000604 e. The van der Waals surface area contributed by atoms with Crippen molar-refractivity contribution in [1.29, 1.82) is 0 Å². The van der Waals surface area contributed by atoms with Crippen molar-refractivity contribution in [1.82, 2.24) is 0 Å². The van der Waals surface area contributed by atoms with Crippen molar-refractivity contribution in [2.45, 2.75) is 39.0 Å². The fourth-order valence-electron chi connectivity index (χ4n) is 4.13. The normalized spacial score (nSPS) is 14.9. The van der Waals surface area contributed by atoms with Crippen molar-refractivity contribution in [3.63, 3.8) is 0 Å². The summed E-state index contributed by atoms with van der Waals surface area (Å²) >= 11 is 11.8. The minimum absolute atomic E-state index is 0.199. The molecule has 2 aromatic carbocycles. The third-order valence-electron chi connectivity index (χ3n) is 5.00. The molecular formula is C23H37P3S2. The van der Waals surface area contributed by atoms with Gasteiger partial charge in [-0.3, -0.25) is 0 Å². The molecule has 0 saturated carbocycles. The second-order valence-electron chi connectivity index (χ2n) is 8.94. The highest BCUT2D eigenvalue weighted by molar-refractivity contribution is 8.16. The molecule has 0 N–H and O–H groups in total. The average Bonchev–Trinajstić information content (AvgIpc) is 2.58. The van der Waals surface area contributed by atoms with E-state index in [2.05, 4.69) is 76.9 Å². The van der Waals surface area contributed by atoms with E-state index in [0.29, 0.717) is 5.92 Å². The summed E-state index contributed by atoms with van der Waals surface area (Å²) in [6.07, 6.45) is 6.16. The molecule has 0 aromatic heterocycles. The summed E-state index contributed by atoms with van der Waals surface area (Å²) in [6.45, 7) is 13.9. The molecule has 156 valence electrons. The van der Waals surface area contributed by atoms with Crippen molar-refractivity contribution in [3.8, 4) is 0 Å². The maximum Gasteiger partial charge on any atom is 0.000604 e. The van der Waals surface area contributed by atoms with E-state index in [1.807, 2.05) is 0 Å². The van der Waals surface area contributed by atoms with Gasteiger partial charge in [0.15, 0.2) is 0 Å². The van der Waals surface area contributed by atoms with E-state index < -0.39 is 12.1 Å². The van der Waals surface area contributed by atoms with Gasteiger partial charge in [0.05, 0.1) is 0 Å². The van der Waals surface area contributed by atoms with E-state index in [9.17, 15) is 0 Å². The number of hydrogen-bond donors (Lipinski definition) is 0. The van der Waals surface area contributed by atoms with Crippen molar-refractivity contribution in [2.75, 3.05) is 44.9 Å². The lowest BCUT2D eigenvalue weighted by atomic mass is 9.91. The Morgan fingerprint density at radius 3 is 2.07 bits per heavy atom. The van der Waals surface area contributed by atoms with Gasteiger partial charge in [0.1, 0.15) is 0 Å². The lowest BCUT2D eigenvalue weighted by molar-refractivity contribution is 0.675. The molecule has 28 heavy (non-hydrogen) atoms. The Labute approximate surface area is 185 Å². The molecule has 2 aromatic rings. The molecule has 0 nitrogen and oxygen atoms in total. The molecule has 0 aliphatic carbocycles. The molecule has 0 saturated heterocycles. The van der Waals surface area contributed by atoms with Gasteiger partial charge in [-0.1, -0.05) is 94.6 Å². The fourth-order valence-corrected chi connectivity index (χ4v) is 13.5. The van der Waals surface area contributed by atoms with Crippen LogP contribution in [0, 0.1) is 0 Å². The first-order valence-corrected chi connectivity index (χ1v) is 19.9. The Morgan fingerprint density at radius 2 is 1.54 bits per heavy atom. The van der Waals surface area contributed by atoms with Gasteiger partial charge >= 0.3 is 0 Å². The Kier molecular flexibility index (Phi) is 9.39. The van der Waals surface area contributed by atoms with Crippen LogP contribution in [0.3, 0.4) is 0 Å². The minimum Gasteiger partial charge on any atom is -0.0980 e. The van der Waals surface area contributed by atoms with Gasteiger partial charge in [-0.05, 0) is 85.0 Å². The quantitative estimate of drug-likeness (QED) is 0.327. The summed E-state index contributed by atoms with van der Waals surface area (Å²) in [5.41, 5.74) is 1.55. The molecule has 0 bridgehead atoms. The van der Waals surface area contributed by atoms with Crippen LogP contribution in [-0.2, 0) is 23.6 Å². The fraction of sp³-hybridized carbons (Fsp3) is 0.565. The lowest BCUT2D eigenvalue weighted by Crippen LogP contribution is -2.13. The van der Waals surface area contributed by atoms with Crippen LogP contribution in [0.15, 0.2) is 36.4 Å². The number of hydrogen-bond acceptors (Lipinski definition) is 2. The first-order valence-electron chi connectivity index (χ1n) is 10.4. The molecule has 0 aliphatic heterocycles. The van der Waals surface area contributed by atoms with Crippen molar-refractivity contribution in [3.05, 3.63) is 42.0 Å². The standard InChI is InChI=1S/C23H37P3S2/c1-7-11-20(17-25(3,4)27)21-14-9-12-19-13-10-15-22(23(19)21)24(16-8-2)18-26(5,6)28/h9-10,12-15,20H,7-8,11,16-18H2,1-6H3. The van der Waals surface area contributed by atoms with E-state index in [1.54, 1.807) is 10.9 Å². The SMILES string of the molecule is CCCC(CP(C)(C)=S)c1cccc2cccc(P(CCC)CP(C)(C)=S)c12. The topological polar surface area (TPSA) is 0 Å². The third-order valence-corrected chi connectivity index (χ3v) is 13.9. The molecule has 0 heterocycles. The van der Waals surface area contributed by atoms with E-state index in [0.717, 1.165) is 0 Å². The first-order chi connectivity index (χ1) is 13.1. The number of rotatable bonds is 10. The van der Waals surface area contributed by atoms with E-state index in [4.69, 9.17) is 23.6 Å². The van der Waals surface area contributed by atoms with E-state index in [-0.39, 0.29) is 7.92 Å². The van der Waals surface area contributed by atoms with E-state index in [1.165, 1.54) is 48.3 Å². The highest BCUT2D eigenvalue weighted by Gasteiger charge is 2.23. The molecule has 0 radical (unpaired) electrons. The zero-order valence-corrected chi connectivity index (χ0v) is 22.8. The summed E-state index contributed by atoms with van der Waals surface area (Å²) in [4.78, 5) is 0. The Balaban J connectivity index is 2.67. The maximum atomic E-state index is 5.91. The summed E-state index contributed by atoms with van der Waals surface area (Å²) in [5.74, 6) is 1.82. The molecule has 5 heteroatoms. The molecule has 2 atom stereocenters. The second kappa shape index (κ2) is 10.6. The molecular weight excluding hydrogens is 433 g/mol. The van der Waals surface area contributed by atoms with Crippen molar-refractivity contribution in [2.24, 2.45) is 0 Å². The van der Waals surface area contributed by atoms with Crippen LogP contribution in [-0.4, -0.2) is 44.9 Å². The van der Waals surface area contributed by atoms with Gasteiger partial charge in [0.25, 0.3) is 0 Å². The van der Waals surface area contributed by atoms with Crippen molar-refractivity contribution >= 4 is 59.7 Å². The molecule has 0 aliphatic rings. The lowest BCUT2D eigenvalue weighted by Gasteiger charge is -2.27. The third kappa shape index (κ3) is 7.29. The van der Waals surface area contributed by atoms with E-state index >= 15 is 0 Å². The highest BCUT2D eigenvalue weighted by atomic mass is 32.4. The average molecular weight is 471 g/mol. The van der Waals surface area contributed by atoms with Crippen LogP contribution in [0.5, 0.6) is 0 Å². The maximum absolute atomic E-state index is 5.91. The van der Waals surface area contributed by atoms with Crippen LogP contribution in [0.4, 0.5) is 0 Å². The zero-order chi connectivity index (χ0) is 20.9. The summed E-state index contributed by atoms with van der Waals surface area (Å²) < 4.78 is 0. The van der Waals surface area contributed by atoms with Gasteiger partial charge in [0, 0.05) is 5.90 Å². The number of fused-ring (bicyclic) bond motifs is 1. The predicted octanol–water partition coefficient (Wildman–Crippen LogP) is 7.68. The number of benzene rings is 2. The molecule has 2 rings (SSSR count). The summed E-state index contributed by atoms with van der Waals surface area (Å²) in [6, 6.07) is 11.4. The molecule has 0 spiro atoms. The first kappa shape index (κ1) is 24.7. The summed E-state index contributed by atoms with van der Waals surface area (Å²) in [7, 11) is -0.199. The van der Waals surface area contributed by atoms with Crippen LogP contribution >= 0.6 is 20.0 Å². The summed E-state index contributed by atoms with van der Waals surface area (Å²) in [5, 5.41) is 4.54. The van der Waals surface area contributed by atoms with Gasteiger partial charge in [-0.15, -0.1) is 0 Å². The monoisotopic (exact) mass is 470 g/mol. The highest BCUT2D eigenvalue weighted by Crippen LogP contribution is 2.53. The van der Waals surface area contributed by atoms with Gasteiger partial charge in [0.2, 0.25) is 0 Å². The van der Waals surface area contributed by atoms with Crippen LogP contribution in [0.2, 0.25) is 0 Å². The Morgan fingerprint density at radius 1 is 0.893 bits per heavy atom. The van der Waals surface area contributed by atoms with Gasteiger partial charge < -0.3 is 0 Å². The predicted molar refractivity (Wildman–Crippen MR) is 145 cm³/mol. The molecule has 2 unspecified atom stereocenters. The van der Waals surface area contributed by atoms with Gasteiger partial charge in [-0.2, -0.15) is 0 Å². The molecule has 0 amide bonds. The molecule has 0 fully saturated rings. The van der Waals surface area contributed by atoms with Crippen LogP contribution < -0.4 is 5.30 Å². The Bertz CT molecular complexity index is 810. The Hall–Kier alpha value is 0.430.